The molecule has 2 saturated heterocycles. The van der Waals surface area contributed by atoms with Crippen molar-refractivity contribution in [2.75, 3.05) is 25.0 Å². The molecule has 6 heteroatoms. The van der Waals surface area contributed by atoms with Crippen LogP contribution in [0, 0.1) is 0 Å². The van der Waals surface area contributed by atoms with Crippen molar-refractivity contribution in [2.45, 2.75) is 37.3 Å². The SMILES string of the molecule is O=C(Cc1ccccn1)N1CC[C@@]2(C[C@H](Nc3ccccn3)CCO2)C1. The van der Waals surface area contributed by atoms with Gasteiger partial charge in [0.15, 0.2) is 0 Å². The van der Waals surface area contributed by atoms with Crippen LogP contribution in [0.3, 0.4) is 0 Å². The van der Waals surface area contributed by atoms with E-state index in [2.05, 4.69) is 15.3 Å². The number of hydrogen-bond donors (Lipinski definition) is 1. The van der Waals surface area contributed by atoms with Crippen LogP contribution in [0.15, 0.2) is 48.8 Å². The lowest BCUT2D eigenvalue weighted by Gasteiger charge is -2.38. The average Bonchev–Trinajstić information content (AvgIpc) is 3.07. The minimum absolute atomic E-state index is 0.129. The molecule has 2 atom stereocenters. The van der Waals surface area contributed by atoms with Crippen LogP contribution in [0.5, 0.6) is 0 Å². The summed E-state index contributed by atoms with van der Waals surface area (Å²) in [6.45, 7) is 2.13. The molecule has 4 heterocycles. The van der Waals surface area contributed by atoms with Gasteiger partial charge in [0.25, 0.3) is 0 Å². The smallest absolute Gasteiger partial charge is 0.228 e. The summed E-state index contributed by atoms with van der Waals surface area (Å²) in [6.07, 6.45) is 6.63. The van der Waals surface area contributed by atoms with E-state index in [1.807, 2.05) is 41.3 Å². The maximum Gasteiger partial charge on any atom is 0.228 e. The molecule has 2 aliphatic heterocycles. The minimum atomic E-state index is -0.232. The summed E-state index contributed by atoms with van der Waals surface area (Å²) in [5, 5.41) is 3.51. The molecule has 26 heavy (non-hydrogen) atoms. The zero-order chi connectivity index (χ0) is 17.8. The maximum absolute atomic E-state index is 12.6. The summed E-state index contributed by atoms with van der Waals surface area (Å²) >= 11 is 0. The van der Waals surface area contributed by atoms with Crippen LogP contribution in [-0.4, -0.2) is 52.1 Å². The molecule has 2 aromatic rings. The Morgan fingerprint density at radius 3 is 2.85 bits per heavy atom. The zero-order valence-corrected chi connectivity index (χ0v) is 14.8. The fourth-order valence-corrected chi connectivity index (χ4v) is 3.92. The Bertz CT molecular complexity index is 740. The molecular weight excluding hydrogens is 328 g/mol. The molecule has 2 aliphatic rings. The van der Waals surface area contributed by atoms with Crippen molar-refractivity contribution in [1.82, 2.24) is 14.9 Å². The Balaban J connectivity index is 1.36. The molecule has 136 valence electrons. The monoisotopic (exact) mass is 352 g/mol. The van der Waals surface area contributed by atoms with E-state index in [0.29, 0.717) is 25.6 Å². The predicted octanol–water partition coefficient (Wildman–Crippen LogP) is 2.28. The topological polar surface area (TPSA) is 67.4 Å². The molecule has 0 aliphatic carbocycles. The van der Waals surface area contributed by atoms with Crippen molar-refractivity contribution in [3.63, 3.8) is 0 Å². The Morgan fingerprint density at radius 1 is 1.23 bits per heavy atom. The van der Waals surface area contributed by atoms with E-state index in [0.717, 1.165) is 37.3 Å². The number of likely N-dealkylation sites (tertiary alicyclic amines) is 1. The molecule has 4 rings (SSSR count). The van der Waals surface area contributed by atoms with Crippen molar-refractivity contribution >= 4 is 11.7 Å². The maximum atomic E-state index is 12.6. The van der Waals surface area contributed by atoms with Gasteiger partial charge in [-0.1, -0.05) is 12.1 Å². The van der Waals surface area contributed by atoms with Crippen LogP contribution in [0.4, 0.5) is 5.82 Å². The number of nitrogens with zero attached hydrogens (tertiary/aromatic N) is 3. The quantitative estimate of drug-likeness (QED) is 0.914. The van der Waals surface area contributed by atoms with Gasteiger partial charge in [-0.15, -0.1) is 0 Å². The van der Waals surface area contributed by atoms with Gasteiger partial charge in [-0.05, 0) is 43.5 Å². The van der Waals surface area contributed by atoms with Crippen LogP contribution in [0.2, 0.25) is 0 Å². The van der Waals surface area contributed by atoms with Crippen molar-refractivity contribution in [3.05, 3.63) is 54.5 Å². The molecule has 0 aromatic carbocycles. The molecule has 6 nitrogen and oxygen atoms in total. The van der Waals surface area contributed by atoms with Gasteiger partial charge >= 0.3 is 0 Å². The number of ether oxygens (including phenoxy) is 1. The molecule has 2 aromatic heterocycles. The molecular formula is C20H24N4O2. The van der Waals surface area contributed by atoms with Gasteiger partial charge in [0, 0.05) is 43.8 Å². The summed E-state index contributed by atoms with van der Waals surface area (Å²) in [6, 6.07) is 11.9. The lowest BCUT2D eigenvalue weighted by molar-refractivity contribution is -0.132. The van der Waals surface area contributed by atoms with Gasteiger partial charge in [0.05, 0.1) is 12.0 Å². The van der Waals surface area contributed by atoms with Crippen LogP contribution in [0.25, 0.3) is 0 Å². The van der Waals surface area contributed by atoms with E-state index in [9.17, 15) is 4.79 Å². The van der Waals surface area contributed by atoms with E-state index in [1.165, 1.54) is 0 Å². The highest BCUT2D eigenvalue weighted by molar-refractivity contribution is 5.78. The van der Waals surface area contributed by atoms with Crippen LogP contribution < -0.4 is 5.32 Å². The van der Waals surface area contributed by atoms with Gasteiger partial charge < -0.3 is 15.0 Å². The second-order valence-electron chi connectivity index (χ2n) is 7.14. The summed E-state index contributed by atoms with van der Waals surface area (Å²) in [5.41, 5.74) is 0.586. The highest BCUT2D eigenvalue weighted by atomic mass is 16.5. The first-order valence-electron chi connectivity index (χ1n) is 9.22. The van der Waals surface area contributed by atoms with E-state index in [1.54, 1.807) is 12.4 Å². The standard InChI is InChI=1S/C20H24N4O2/c25-19(13-16-5-1-3-9-21-16)24-11-8-20(15-24)14-17(7-12-26-20)23-18-6-2-4-10-22-18/h1-6,9-10,17H,7-8,11-15H2,(H,22,23)/t17-,20-/m1/s1. The Labute approximate surface area is 153 Å². The molecule has 2 fully saturated rings. The van der Waals surface area contributed by atoms with Crippen LogP contribution in [0.1, 0.15) is 25.0 Å². The van der Waals surface area contributed by atoms with Gasteiger partial charge in [-0.2, -0.15) is 0 Å². The van der Waals surface area contributed by atoms with Crippen molar-refractivity contribution in [3.8, 4) is 0 Å². The highest BCUT2D eigenvalue weighted by Gasteiger charge is 2.44. The Hall–Kier alpha value is -2.47. The third kappa shape index (κ3) is 3.85. The first kappa shape index (κ1) is 17.0. The second kappa shape index (κ2) is 7.41. The lowest BCUT2D eigenvalue weighted by atomic mass is 9.89. The van der Waals surface area contributed by atoms with E-state index in [4.69, 9.17) is 4.74 Å². The average molecular weight is 352 g/mol. The molecule has 1 spiro atoms. The van der Waals surface area contributed by atoms with Gasteiger partial charge in [-0.25, -0.2) is 4.98 Å². The number of aromatic nitrogens is 2. The lowest BCUT2D eigenvalue weighted by Crippen LogP contribution is -2.47. The number of anilines is 1. The Kier molecular flexibility index (Phi) is 4.84. The molecule has 0 unspecified atom stereocenters. The third-order valence-corrected chi connectivity index (χ3v) is 5.24. The highest BCUT2D eigenvalue weighted by Crippen LogP contribution is 2.35. The number of rotatable bonds is 4. The molecule has 0 radical (unpaired) electrons. The summed E-state index contributed by atoms with van der Waals surface area (Å²) < 4.78 is 6.16. The Morgan fingerprint density at radius 2 is 2.08 bits per heavy atom. The summed E-state index contributed by atoms with van der Waals surface area (Å²) in [5.74, 6) is 1.03. The summed E-state index contributed by atoms with van der Waals surface area (Å²) in [4.78, 5) is 23.2. The summed E-state index contributed by atoms with van der Waals surface area (Å²) in [7, 11) is 0. The fourth-order valence-electron chi connectivity index (χ4n) is 3.92. The van der Waals surface area contributed by atoms with E-state index >= 15 is 0 Å². The van der Waals surface area contributed by atoms with Gasteiger partial charge in [0.2, 0.25) is 5.91 Å². The number of carbonyl (C=O) groups is 1. The largest absolute Gasteiger partial charge is 0.373 e. The van der Waals surface area contributed by atoms with E-state index in [-0.39, 0.29) is 11.5 Å². The predicted molar refractivity (Wildman–Crippen MR) is 98.7 cm³/mol. The van der Waals surface area contributed by atoms with Gasteiger partial charge in [-0.3, -0.25) is 9.78 Å². The molecule has 1 amide bonds. The zero-order valence-electron chi connectivity index (χ0n) is 14.8. The molecule has 0 saturated carbocycles. The number of pyridine rings is 2. The third-order valence-electron chi connectivity index (χ3n) is 5.24. The first-order chi connectivity index (χ1) is 12.7. The number of hydrogen-bond acceptors (Lipinski definition) is 5. The molecule has 1 N–H and O–H groups in total. The van der Waals surface area contributed by atoms with E-state index < -0.39 is 0 Å². The first-order valence-corrected chi connectivity index (χ1v) is 9.22. The van der Waals surface area contributed by atoms with Crippen LogP contribution in [-0.2, 0) is 16.0 Å². The van der Waals surface area contributed by atoms with Crippen molar-refractivity contribution < 1.29 is 9.53 Å². The number of amides is 1. The van der Waals surface area contributed by atoms with Crippen LogP contribution >= 0.6 is 0 Å². The van der Waals surface area contributed by atoms with Crippen molar-refractivity contribution in [1.29, 1.82) is 0 Å². The van der Waals surface area contributed by atoms with Gasteiger partial charge in [0.1, 0.15) is 5.82 Å². The minimum Gasteiger partial charge on any atom is -0.373 e. The normalized spacial score (nSPS) is 25.4. The fraction of sp³-hybridized carbons (Fsp3) is 0.450. The number of nitrogens with one attached hydrogen (secondary N) is 1. The second-order valence-corrected chi connectivity index (χ2v) is 7.14. The number of carbonyl (C=O) groups excluding carboxylic acids is 1. The van der Waals surface area contributed by atoms with Crippen molar-refractivity contribution in [2.24, 2.45) is 0 Å². The molecule has 0 bridgehead atoms.